The van der Waals surface area contributed by atoms with Crippen LogP contribution in [-0.4, -0.2) is 65.1 Å². The number of amides is 2. The van der Waals surface area contributed by atoms with Crippen LogP contribution in [0.2, 0.25) is 0 Å². The molecule has 10 nitrogen and oxygen atoms in total. The number of nitrogens with one attached hydrogen (secondary N) is 1. The number of rotatable bonds is 15. The van der Waals surface area contributed by atoms with Gasteiger partial charge in [-0.1, -0.05) is 43.7 Å². The quantitative estimate of drug-likeness (QED) is 0.255. The summed E-state index contributed by atoms with van der Waals surface area (Å²) in [7, 11) is 0.148. The third-order valence-corrected chi connectivity index (χ3v) is 9.19. The van der Waals surface area contributed by atoms with Crippen molar-refractivity contribution in [3.8, 4) is 17.2 Å². The molecule has 0 radical (unpaired) electrons. The second kappa shape index (κ2) is 15.5. The first-order valence-electron chi connectivity index (χ1n) is 14.5. The van der Waals surface area contributed by atoms with Gasteiger partial charge in [0.1, 0.15) is 29.8 Å². The average Bonchev–Trinajstić information content (AvgIpc) is 3.03. The van der Waals surface area contributed by atoms with E-state index in [0.717, 1.165) is 15.4 Å². The SMILES string of the molecule is CC[C@H](C(=O)N[C@@H](C)CC)N(Cc1cccc(OC)c1)C(=O)CN(c1cc(OC)ccc1OC)S(=O)(=O)c1ccc(C)cc1. The van der Waals surface area contributed by atoms with Crippen LogP contribution in [0.4, 0.5) is 5.69 Å². The zero-order chi connectivity index (χ0) is 32.4. The molecule has 0 aromatic heterocycles. The van der Waals surface area contributed by atoms with Crippen molar-refractivity contribution in [2.75, 3.05) is 32.2 Å². The van der Waals surface area contributed by atoms with Crippen molar-refractivity contribution in [3.63, 3.8) is 0 Å². The molecule has 0 fully saturated rings. The van der Waals surface area contributed by atoms with Crippen LogP contribution in [0, 0.1) is 6.92 Å². The summed E-state index contributed by atoms with van der Waals surface area (Å²) in [5.41, 5.74) is 1.73. The predicted molar refractivity (Wildman–Crippen MR) is 171 cm³/mol. The van der Waals surface area contributed by atoms with Gasteiger partial charge in [0.15, 0.2) is 0 Å². The van der Waals surface area contributed by atoms with Crippen molar-refractivity contribution in [1.29, 1.82) is 0 Å². The van der Waals surface area contributed by atoms with E-state index in [4.69, 9.17) is 14.2 Å². The van der Waals surface area contributed by atoms with Crippen LogP contribution in [0.25, 0.3) is 0 Å². The van der Waals surface area contributed by atoms with Crippen LogP contribution in [0.1, 0.15) is 44.7 Å². The molecule has 3 aromatic carbocycles. The topological polar surface area (TPSA) is 114 Å². The highest BCUT2D eigenvalue weighted by Crippen LogP contribution is 2.36. The Morgan fingerprint density at radius 1 is 0.864 bits per heavy atom. The molecule has 0 spiro atoms. The van der Waals surface area contributed by atoms with E-state index in [0.29, 0.717) is 24.3 Å². The fourth-order valence-electron chi connectivity index (χ4n) is 4.67. The van der Waals surface area contributed by atoms with Gasteiger partial charge in [-0.05, 0) is 68.7 Å². The second-order valence-electron chi connectivity index (χ2n) is 10.5. The van der Waals surface area contributed by atoms with E-state index in [1.54, 1.807) is 49.6 Å². The van der Waals surface area contributed by atoms with E-state index in [-0.39, 0.29) is 34.8 Å². The van der Waals surface area contributed by atoms with Crippen molar-refractivity contribution in [2.45, 2.75) is 64.1 Å². The van der Waals surface area contributed by atoms with Crippen molar-refractivity contribution in [3.05, 3.63) is 77.9 Å². The van der Waals surface area contributed by atoms with E-state index in [9.17, 15) is 18.0 Å². The second-order valence-corrected chi connectivity index (χ2v) is 12.3. The van der Waals surface area contributed by atoms with E-state index < -0.39 is 28.5 Å². The maximum atomic E-state index is 14.4. The lowest BCUT2D eigenvalue weighted by molar-refractivity contribution is -0.140. The monoisotopic (exact) mass is 625 g/mol. The average molecular weight is 626 g/mol. The van der Waals surface area contributed by atoms with Crippen molar-refractivity contribution >= 4 is 27.5 Å². The molecule has 11 heteroatoms. The molecule has 1 N–H and O–H groups in total. The summed E-state index contributed by atoms with van der Waals surface area (Å²) in [5, 5.41) is 2.98. The zero-order valence-corrected chi connectivity index (χ0v) is 27.3. The van der Waals surface area contributed by atoms with Crippen LogP contribution in [0.5, 0.6) is 17.2 Å². The number of methoxy groups -OCH3 is 3. The number of benzene rings is 3. The molecule has 0 aliphatic rings. The largest absolute Gasteiger partial charge is 0.497 e. The van der Waals surface area contributed by atoms with Gasteiger partial charge in [0, 0.05) is 18.7 Å². The van der Waals surface area contributed by atoms with Gasteiger partial charge >= 0.3 is 0 Å². The minimum Gasteiger partial charge on any atom is -0.497 e. The summed E-state index contributed by atoms with van der Waals surface area (Å²) in [6.45, 7) is 6.98. The molecule has 2 atom stereocenters. The fraction of sp³-hybridized carbons (Fsp3) is 0.394. The van der Waals surface area contributed by atoms with Crippen molar-refractivity contribution in [2.24, 2.45) is 0 Å². The van der Waals surface area contributed by atoms with Gasteiger partial charge in [-0.3, -0.25) is 13.9 Å². The third-order valence-electron chi connectivity index (χ3n) is 7.42. The summed E-state index contributed by atoms with van der Waals surface area (Å²) in [6, 6.07) is 17.3. The highest BCUT2D eigenvalue weighted by Gasteiger charge is 2.35. The molecule has 0 bridgehead atoms. The first-order chi connectivity index (χ1) is 21.0. The molecule has 3 rings (SSSR count). The summed E-state index contributed by atoms with van der Waals surface area (Å²) in [6.07, 6.45) is 1.02. The first kappa shape index (κ1) is 34.2. The Balaban J connectivity index is 2.16. The lowest BCUT2D eigenvalue weighted by Crippen LogP contribution is -2.53. The Bertz CT molecular complexity index is 1530. The van der Waals surface area contributed by atoms with Crippen LogP contribution in [0.15, 0.2) is 71.6 Å². The molecule has 0 saturated heterocycles. The molecular formula is C33H43N3O7S. The molecule has 2 amide bonds. The van der Waals surface area contributed by atoms with E-state index in [1.165, 1.54) is 37.3 Å². The lowest BCUT2D eigenvalue weighted by atomic mass is 10.1. The molecule has 0 aliphatic carbocycles. The van der Waals surface area contributed by atoms with Gasteiger partial charge in [0.2, 0.25) is 11.8 Å². The zero-order valence-electron chi connectivity index (χ0n) is 26.5. The molecular weight excluding hydrogens is 582 g/mol. The molecule has 0 unspecified atom stereocenters. The van der Waals surface area contributed by atoms with Crippen LogP contribution < -0.4 is 23.8 Å². The number of carbonyl (C=O) groups excluding carboxylic acids is 2. The van der Waals surface area contributed by atoms with Crippen LogP contribution in [0.3, 0.4) is 0 Å². The lowest BCUT2D eigenvalue weighted by Gasteiger charge is -2.34. The van der Waals surface area contributed by atoms with Gasteiger partial charge < -0.3 is 24.4 Å². The van der Waals surface area contributed by atoms with Gasteiger partial charge in [-0.2, -0.15) is 0 Å². The minimum atomic E-state index is -4.29. The van der Waals surface area contributed by atoms with Gasteiger partial charge in [-0.25, -0.2) is 8.42 Å². The number of hydrogen-bond donors (Lipinski definition) is 1. The van der Waals surface area contributed by atoms with Crippen molar-refractivity contribution in [1.82, 2.24) is 10.2 Å². The maximum absolute atomic E-state index is 14.4. The standard InChI is InChI=1S/C33H43N3O7S/c1-8-24(4)34-33(38)29(9-2)35(21-25-11-10-12-26(19-25)41-5)32(37)22-36(30-20-27(42-6)15-18-31(30)43-7)44(39,40)28-16-13-23(3)14-17-28/h10-20,24,29H,8-9,21-22H2,1-7H3,(H,34,38)/t24-,29+/m0/s1. The third kappa shape index (κ3) is 8.22. The number of carbonyl (C=O) groups is 2. The minimum absolute atomic E-state index is 0.00155. The maximum Gasteiger partial charge on any atom is 0.264 e. The van der Waals surface area contributed by atoms with Crippen LogP contribution in [-0.2, 0) is 26.2 Å². The molecule has 0 heterocycles. The number of anilines is 1. The van der Waals surface area contributed by atoms with Gasteiger partial charge in [-0.15, -0.1) is 0 Å². The van der Waals surface area contributed by atoms with E-state index in [1.807, 2.05) is 33.8 Å². The highest BCUT2D eigenvalue weighted by atomic mass is 32.2. The number of sulfonamides is 1. The van der Waals surface area contributed by atoms with Crippen molar-refractivity contribution < 1.29 is 32.2 Å². The Morgan fingerprint density at radius 3 is 2.11 bits per heavy atom. The normalized spacial score (nSPS) is 12.5. The summed E-state index contributed by atoms with van der Waals surface area (Å²) in [4.78, 5) is 29.3. The molecule has 44 heavy (non-hydrogen) atoms. The smallest absolute Gasteiger partial charge is 0.264 e. The first-order valence-corrected chi connectivity index (χ1v) is 16.0. The number of hydrogen-bond acceptors (Lipinski definition) is 7. The number of aryl methyl sites for hydroxylation is 1. The summed E-state index contributed by atoms with van der Waals surface area (Å²) < 4.78 is 45.8. The highest BCUT2D eigenvalue weighted by molar-refractivity contribution is 7.92. The summed E-state index contributed by atoms with van der Waals surface area (Å²) in [5.74, 6) is 0.321. The Labute approximate surface area is 261 Å². The Kier molecular flexibility index (Phi) is 12.0. The summed E-state index contributed by atoms with van der Waals surface area (Å²) >= 11 is 0. The Morgan fingerprint density at radius 2 is 1.52 bits per heavy atom. The molecule has 238 valence electrons. The van der Waals surface area contributed by atoms with Gasteiger partial charge in [0.25, 0.3) is 10.0 Å². The predicted octanol–water partition coefficient (Wildman–Crippen LogP) is 4.94. The molecule has 3 aromatic rings. The fourth-order valence-corrected chi connectivity index (χ4v) is 6.09. The van der Waals surface area contributed by atoms with E-state index in [2.05, 4.69) is 5.32 Å². The van der Waals surface area contributed by atoms with E-state index >= 15 is 0 Å². The number of nitrogens with zero attached hydrogens (tertiary/aromatic N) is 2. The van der Waals surface area contributed by atoms with Crippen LogP contribution >= 0.6 is 0 Å². The molecule has 0 aliphatic heterocycles. The molecule has 0 saturated carbocycles. The van der Waals surface area contributed by atoms with Gasteiger partial charge in [0.05, 0.1) is 31.9 Å². The Hall–Kier alpha value is -4.25. The number of ether oxygens (including phenoxy) is 3.